The van der Waals surface area contributed by atoms with Crippen molar-refractivity contribution in [3.8, 4) is 5.75 Å². The van der Waals surface area contributed by atoms with Crippen LogP contribution in [0.4, 0.5) is 0 Å². The molecule has 3 heteroatoms. The van der Waals surface area contributed by atoms with Crippen LogP contribution >= 0.6 is 15.9 Å². The lowest BCUT2D eigenvalue weighted by Gasteiger charge is -2.07. The van der Waals surface area contributed by atoms with E-state index in [1.54, 1.807) is 0 Å². The molecule has 82 valence electrons. The number of ether oxygens (including phenoxy) is 2. The fraction of sp³-hybridized carbons (Fsp3) is 0.500. The van der Waals surface area contributed by atoms with Gasteiger partial charge in [-0.05, 0) is 53.4 Å². The first-order valence-corrected chi connectivity index (χ1v) is 6.11. The molecule has 2 rings (SSSR count). The lowest BCUT2D eigenvalue weighted by atomic mass is 10.1. The molecule has 0 spiro atoms. The molecule has 0 amide bonds. The monoisotopic (exact) mass is 270 g/mol. The molecule has 1 aromatic rings. The summed E-state index contributed by atoms with van der Waals surface area (Å²) in [6.07, 6.45) is 2.71. The van der Waals surface area contributed by atoms with Crippen LogP contribution < -0.4 is 4.74 Å². The van der Waals surface area contributed by atoms with Gasteiger partial charge in [-0.15, -0.1) is 0 Å². The number of hydrogen-bond donors (Lipinski definition) is 0. The van der Waals surface area contributed by atoms with E-state index < -0.39 is 0 Å². The Hall–Kier alpha value is -0.540. The molecule has 2 nitrogen and oxygen atoms in total. The van der Waals surface area contributed by atoms with Gasteiger partial charge in [-0.2, -0.15) is 0 Å². The summed E-state index contributed by atoms with van der Waals surface area (Å²) < 4.78 is 11.7. The van der Waals surface area contributed by atoms with Gasteiger partial charge in [0.25, 0.3) is 0 Å². The molecule has 1 unspecified atom stereocenters. The van der Waals surface area contributed by atoms with Crippen molar-refractivity contribution >= 4 is 15.9 Å². The molecule has 15 heavy (non-hydrogen) atoms. The molecule has 0 radical (unpaired) electrons. The van der Waals surface area contributed by atoms with E-state index in [0.29, 0.717) is 12.7 Å². The highest BCUT2D eigenvalue weighted by molar-refractivity contribution is 9.10. The van der Waals surface area contributed by atoms with Crippen LogP contribution in [0, 0.1) is 0 Å². The highest BCUT2D eigenvalue weighted by Crippen LogP contribution is 2.27. The fourth-order valence-electron chi connectivity index (χ4n) is 1.53. The highest BCUT2D eigenvalue weighted by Gasteiger charge is 2.21. The van der Waals surface area contributed by atoms with Crippen molar-refractivity contribution in [3.63, 3.8) is 0 Å². The van der Waals surface area contributed by atoms with Crippen LogP contribution in [-0.2, 0) is 11.2 Å². The minimum absolute atomic E-state index is 0.510. The summed E-state index contributed by atoms with van der Waals surface area (Å²) in [7, 11) is 0. The SMILES string of the molecule is CCOc1ccc(CCC2CO2)cc1Br. The Kier molecular flexibility index (Phi) is 3.65. The first-order valence-electron chi connectivity index (χ1n) is 5.32. The Morgan fingerprint density at radius 3 is 2.93 bits per heavy atom. The van der Waals surface area contributed by atoms with E-state index in [4.69, 9.17) is 9.47 Å². The second-order valence-electron chi connectivity index (χ2n) is 3.69. The van der Waals surface area contributed by atoms with Gasteiger partial charge in [-0.25, -0.2) is 0 Å². The average Bonchev–Trinajstić information content (AvgIpc) is 3.03. The Balaban J connectivity index is 1.96. The van der Waals surface area contributed by atoms with Crippen LogP contribution in [0.15, 0.2) is 22.7 Å². The highest BCUT2D eigenvalue weighted by atomic mass is 79.9. The van der Waals surface area contributed by atoms with Crippen molar-refractivity contribution in [1.82, 2.24) is 0 Å². The van der Waals surface area contributed by atoms with Crippen LogP contribution in [0.25, 0.3) is 0 Å². The van der Waals surface area contributed by atoms with Gasteiger partial charge in [0.15, 0.2) is 0 Å². The molecular formula is C12H15BrO2. The minimum atomic E-state index is 0.510. The zero-order valence-corrected chi connectivity index (χ0v) is 10.4. The largest absolute Gasteiger partial charge is 0.493 e. The maximum atomic E-state index is 5.46. The third-order valence-corrected chi connectivity index (χ3v) is 3.07. The van der Waals surface area contributed by atoms with Crippen LogP contribution in [-0.4, -0.2) is 19.3 Å². The molecule has 1 heterocycles. The van der Waals surface area contributed by atoms with Crippen molar-refractivity contribution < 1.29 is 9.47 Å². The quantitative estimate of drug-likeness (QED) is 0.767. The van der Waals surface area contributed by atoms with Gasteiger partial charge in [0, 0.05) is 0 Å². The van der Waals surface area contributed by atoms with Gasteiger partial charge in [0.05, 0.1) is 23.8 Å². The zero-order valence-electron chi connectivity index (χ0n) is 8.83. The summed E-state index contributed by atoms with van der Waals surface area (Å²) in [6.45, 7) is 3.64. The molecule has 1 aliphatic heterocycles. The number of hydrogen-bond acceptors (Lipinski definition) is 2. The Labute approximate surface area is 98.7 Å². The summed E-state index contributed by atoms with van der Waals surface area (Å²) in [5.41, 5.74) is 1.33. The third-order valence-electron chi connectivity index (χ3n) is 2.45. The number of rotatable bonds is 5. The summed E-state index contributed by atoms with van der Waals surface area (Å²) in [5.74, 6) is 0.920. The Morgan fingerprint density at radius 1 is 1.53 bits per heavy atom. The van der Waals surface area contributed by atoms with Crippen molar-refractivity contribution in [2.75, 3.05) is 13.2 Å². The molecule has 0 N–H and O–H groups in total. The third kappa shape index (κ3) is 3.21. The van der Waals surface area contributed by atoms with Gasteiger partial charge in [-0.1, -0.05) is 6.07 Å². The predicted octanol–water partition coefficient (Wildman–Crippen LogP) is 3.18. The molecule has 1 saturated heterocycles. The van der Waals surface area contributed by atoms with Crippen LogP contribution in [0.2, 0.25) is 0 Å². The minimum Gasteiger partial charge on any atom is -0.493 e. The maximum absolute atomic E-state index is 5.46. The second kappa shape index (κ2) is 4.99. The van der Waals surface area contributed by atoms with Gasteiger partial charge in [-0.3, -0.25) is 0 Å². The lowest BCUT2D eigenvalue weighted by molar-refractivity contribution is 0.338. The zero-order chi connectivity index (χ0) is 10.7. The fourth-order valence-corrected chi connectivity index (χ4v) is 2.08. The summed E-state index contributed by atoms with van der Waals surface area (Å²) >= 11 is 3.51. The summed E-state index contributed by atoms with van der Waals surface area (Å²) in [5, 5.41) is 0. The van der Waals surface area contributed by atoms with Crippen molar-refractivity contribution in [1.29, 1.82) is 0 Å². The number of halogens is 1. The van der Waals surface area contributed by atoms with E-state index in [-0.39, 0.29) is 0 Å². The molecular weight excluding hydrogens is 256 g/mol. The maximum Gasteiger partial charge on any atom is 0.133 e. The smallest absolute Gasteiger partial charge is 0.133 e. The van der Waals surface area contributed by atoms with Gasteiger partial charge in [0.2, 0.25) is 0 Å². The molecule has 1 aliphatic rings. The van der Waals surface area contributed by atoms with Crippen molar-refractivity contribution in [2.24, 2.45) is 0 Å². The Bertz CT molecular complexity index is 334. The van der Waals surface area contributed by atoms with Crippen LogP contribution in [0.3, 0.4) is 0 Å². The van der Waals surface area contributed by atoms with E-state index in [1.807, 2.05) is 13.0 Å². The van der Waals surface area contributed by atoms with E-state index in [0.717, 1.165) is 29.7 Å². The molecule has 1 atom stereocenters. The first-order chi connectivity index (χ1) is 7.29. The number of aryl methyl sites for hydroxylation is 1. The molecule has 0 aromatic heterocycles. The second-order valence-corrected chi connectivity index (χ2v) is 4.55. The summed E-state index contributed by atoms with van der Waals surface area (Å²) in [4.78, 5) is 0. The van der Waals surface area contributed by atoms with E-state index in [9.17, 15) is 0 Å². The van der Waals surface area contributed by atoms with Crippen LogP contribution in [0.1, 0.15) is 18.9 Å². The summed E-state index contributed by atoms with van der Waals surface area (Å²) in [6, 6.07) is 6.28. The molecule has 1 aromatic carbocycles. The number of epoxide rings is 1. The van der Waals surface area contributed by atoms with E-state index in [1.165, 1.54) is 5.56 Å². The Morgan fingerprint density at radius 2 is 2.33 bits per heavy atom. The van der Waals surface area contributed by atoms with Crippen LogP contribution in [0.5, 0.6) is 5.75 Å². The van der Waals surface area contributed by atoms with Gasteiger partial charge in [0.1, 0.15) is 5.75 Å². The first kappa shape index (κ1) is 11.0. The molecule has 0 saturated carbocycles. The van der Waals surface area contributed by atoms with E-state index >= 15 is 0 Å². The van der Waals surface area contributed by atoms with Gasteiger partial charge >= 0.3 is 0 Å². The molecule has 1 fully saturated rings. The molecule has 0 aliphatic carbocycles. The predicted molar refractivity (Wildman–Crippen MR) is 63.4 cm³/mol. The average molecular weight is 271 g/mol. The van der Waals surface area contributed by atoms with E-state index in [2.05, 4.69) is 28.1 Å². The van der Waals surface area contributed by atoms with Crippen molar-refractivity contribution in [3.05, 3.63) is 28.2 Å². The topological polar surface area (TPSA) is 21.8 Å². The normalized spacial score (nSPS) is 18.9. The van der Waals surface area contributed by atoms with Gasteiger partial charge < -0.3 is 9.47 Å². The van der Waals surface area contributed by atoms with Crippen molar-refractivity contribution in [2.45, 2.75) is 25.9 Å². The molecule has 0 bridgehead atoms. The standard InChI is InChI=1S/C12H15BrO2/c1-2-14-12-6-4-9(7-11(12)13)3-5-10-8-15-10/h4,6-7,10H,2-3,5,8H2,1H3. The number of benzene rings is 1. The lowest BCUT2D eigenvalue weighted by Crippen LogP contribution is -1.95.